The molecule has 2 rings (SSSR count). The predicted molar refractivity (Wildman–Crippen MR) is 70.6 cm³/mol. The van der Waals surface area contributed by atoms with Crippen molar-refractivity contribution in [3.8, 4) is 0 Å². The van der Waals surface area contributed by atoms with Gasteiger partial charge in [-0.3, -0.25) is 5.84 Å². The molecule has 1 fully saturated rings. The lowest BCUT2D eigenvalue weighted by Gasteiger charge is -2.24. The number of nitrogens with two attached hydrogens (primary N) is 1. The van der Waals surface area contributed by atoms with Gasteiger partial charge in [-0.05, 0) is 24.5 Å². The summed E-state index contributed by atoms with van der Waals surface area (Å²) in [6.07, 6.45) is 2.13. The van der Waals surface area contributed by atoms with Gasteiger partial charge in [0.05, 0.1) is 18.3 Å². The summed E-state index contributed by atoms with van der Waals surface area (Å²) in [6.45, 7) is 2.12. The van der Waals surface area contributed by atoms with Gasteiger partial charge in [-0.15, -0.1) is 0 Å². The normalized spacial score (nSPS) is 24.6. The molecular weight excluding hydrogens is 268 g/mol. The zero-order chi connectivity index (χ0) is 14.0. The van der Waals surface area contributed by atoms with Crippen LogP contribution >= 0.6 is 0 Å². The lowest BCUT2D eigenvalue weighted by molar-refractivity contribution is 0.191. The highest BCUT2D eigenvalue weighted by atomic mass is 32.2. The number of hydrazine groups is 1. The zero-order valence-electron chi connectivity index (χ0n) is 10.7. The Morgan fingerprint density at radius 3 is 3.00 bits per heavy atom. The highest BCUT2D eigenvalue weighted by Gasteiger charge is 2.40. The van der Waals surface area contributed by atoms with Gasteiger partial charge in [-0.25, -0.2) is 13.4 Å². The van der Waals surface area contributed by atoms with Gasteiger partial charge in [0.2, 0.25) is 0 Å². The summed E-state index contributed by atoms with van der Waals surface area (Å²) in [4.78, 5) is 3.91. The number of aliphatic hydroxyl groups excluding tert-OH is 1. The smallest absolute Gasteiger partial charge is 0.263 e. The summed E-state index contributed by atoms with van der Waals surface area (Å²) < 4.78 is 26.5. The topological polar surface area (TPSA) is 109 Å². The first-order valence-electron chi connectivity index (χ1n) is 6.06. The minimum absolute atomic E-state index is 0.106. The van der Waals surface area contributed by atoms with E-state index in [1.807, 2.05) is 6.92 Å². The van der Waals surface area contributed by atoms with Crippen LogP contribution in [0.5, 0.6) is 0 Å². The SMILES string of the molecule is CC1CCN(S(=O)(=O)c2ncccc2NN)C1CO. The number of nitrogen functional groups attached to an aromatic ring is 1. The van der Waals surface area contributed by atoms with Crippen LogP contribution in [0, 0.1) is 5.92 Å². The van der Waals surface area contributed by atoms with E-state index in [2.05, 4.69) is 10.4 Å². The molecule has 1 aliphatic rings. The van der Waals surface area contributed by atoms with Crippen LogP contribution in [0.25, 0.3) is 0 Å². The van der Waals surface area contributed by atoms with Crippen LogP contribution in [0.3, 0.4) is 0 Å². The van der Waals surface area contributed by atoms with Crippen molar-refractivity contribution >= 4 is 15.7 Å². The molecule has 19 heavy (non-hydrogen) atoms. The fourth-order valence-corrected chi connectivity index (χ4v) is 4.16. The average molecular weight is 286 g/mol. The van der Waals surface area contributed by atoms with E-state index < -0.39 is 16.1 Å². The third kappa shape index (κ3) is 2.44. The first-order valence-corrected chi connectivity index (χ1v) is 7.50. The van der Waals surface area contributed by atoms with E-state index in [-0.39, 0.29) is 23.2 Å². The maximum atomic E-state index is 12.6. The van der Waals surface area contributed by atoms with Crippen molar-refractivity contribution in [3.05, 3.63) is 18.3 Å². The molecule has 0 saturated carbocycles. The predicted octanol–water partition coefficient (Wildman–Crippen LogP) is -0.241. The lowest BCUT2D eigenvalue weighted by atomic mass is 10.0. The number of hydrogen-bond donors (Lipinski definition) is 3. The molecule has 1 saturated heterocycles. The second-order valence-electron chi connectivity index (χ2n) is 4.63. The van der Waals surface area contributed by atoms with Gasteiger partial charge in [0.25, 0.3) is 10.0 Å². The Balaban J connectivity index is 2.43. The van der Waals surface area contributed by atoms with Gasteiger partial charge in [0, 0.05) is 12.7 Å². The van der Waals surface area contributed by atoms with Gasteiger partial charge in [-0.1, -0.05) is 6.92 Å². The third-order valence-corrected chi connectivity index (χ3v) is 5.38. The Morgan fingerprint density at radius 1 is 1.63 bits per heavy atom. The maximum Gasteiger partial charge on any atom is 0.263 e. The van der Waals surface area contributed by atoms with Crippen LogP contribution in [-0.2, 0) is 10.0 Å². The van der Waals surface area contributed by atoms with Gasteiger partial charge in [0.15, 0.2) is 5.03 Å². The molecule has 0 spiro atoms. The molecule has 0 radical (unpaired) electrons. The van der Waals surface area contributed by atoms with Crippen molar-refractivity contribution < 1.29 is 13.5 Å². The van der Waals surface area contributed by atoms with E-state index in [9.17, 15) is 13.5 Å². The largest absolute Gasteiger partial charge is 0.395 e. The molecule has 2 unspecified atom stereocenters. The summed E-state index contributed by atoms with van der Waals surface area (Å²) in [5.74, 6) is 5.44. The number of pyridine rings is 1. The Bertz CT molecular complexity index is 549. The van der Waals surface area contributed by atoms with Gasteiger partial charge >= 0.3 is 0 Å². The van der Waals surface area contributed by atoms with E-state index in [1.165, 1.54) is 10.5 Å². The second-order valence-corrected chi connectivity index (χ2v) is 6.44. The van der Waals surface area contributed by atoms with Crippen LogP contribution in [-0.4, -0.2) is 42.0 Å². The highest BCUT2D eigenvalue weighted by molar-refractivity contribution is 7.89. The molecular formula is C11H18N4O3S. The molecule has 1 aliphatic heterocycles. The fraction of sp³-hybridized carbons (Fsp3) is 0.545. The number of anilines is 1. The fourth-order valence-electron chi connectivity index (χ4n) is 2.36. The quantitative estimate of drug-likeness (QED) is 0.520. The van der Waals surface area contributed by atoms with Gasteiger partial charge in [-0.2, -0.15) is 4.31 Å². The van der Waals surface area contributed by atoms with Crippen LogP contribution in [0.1, 0.15) is 13.3 Å². The number of nitrogens with zero attached hydrogens (tertiary/aromatic N) is 2. The molecule has 1 aromatic heterocycles. The summed E-state index contributed by atoms with van der Waals surface area (Å²) in [6, 6.07) is 2.75. The van der Waals surface area contributed by atoms with Crippen LogP contribution in [0.15, 0.2) is 23.4 Å². The van der Waals surface area contributed by atoms with E-state index in [1.54, 1.807) is 12.1 Å². The molecule has 106 valence electrons. The van der Waals surface area contributed by atoms with Gasteiger partial charge < -0.3 is 10.5 Å². The first-order chi connectivity index (χ1) is 9.02. The van der Waals surface area contributed by atoms with E-state index in [0.717, 1.165) is 6.42 Å². The molecule has 2 atom stereocenters. The monoisotopic (exact) mass is 286 g/mol. The molecule has 2 heterocycles. The number of sulfonamides is 1. The summed E-state index contributed by atoms with van der Waals surface area (Å²) >= 11 is 0. The Morgan fingerprint density at radius 2 is 2.37 bits per heavy atom. The van der Waals surface area contributed by atoms with E-state index in [0.29, 0.717) is 6.54 Å². The molecule has 0 aliphatic carbocycles. The molecule has 0 amide bonds. The third-order valence-electron chi connectivity index (χ3n) is 3.50. The maximum absolute atomic E-state index is 12.6. The standard InChI is InChI=1S/C11H18N4O3S/c1-8-4-6-15(10(8)7-16)19(17,18)11-9(14-12)3-2-5-13-11/h2-3,5,8,10,14,16H,4,6-7,12H2,1H3. The van der Waals surface area contributed by atoms with Crippen molar-refractivity contribution in [2.75, 3.05) is 18.6 Å². The molecule has 7 nitrogen and oxygen atoms in total. The Kier molecular flexibility index (Phi) is 4.04. The summed E-state index contributed by atoms with van der Waals surface area (Å²) in [5.41, 5.74) is 2.59. The number of hydrogen-bond acceptors (Lipinski definition) is 6. The van der Waals surface area contributed by atoms with Crippen molar-refractivity contribution in [1.29, 1.82) is 0 Å². The highest BCUT2D eigenvalue weighted by Crippen LogP contribution is 2.31. The Labute approximate surface area is 112 Å². The van der Waals surface area contributed by atoms with Crippen LogP contribution in [0.2, 0.25) is 0 Å². The molecule has 0 bridgehead atoms. The number of rotatable bonds is 4. The molecule has 1 aromatic rings. The van der Waals surface area contributed by atoms with Crippen molar-refractivity contribution in [2.45, 2.75) is 24.4 Å². The minimum Gasteiger partial charge on any atom is -0.395 e. The summed E-state index contributed by atoms with van der Waals surface area (Å²) in [5, 5.41) is 9.27. The van der Waals surface area contributed by atoms with E-state index in [4.69, 9.17) is 5.84 Å². The van der Waals surface area contributed by atoms with Crippen molar-refractivity contribution in [1.82, 2.24) is 9.29 Å². The lowest BCUT2D eigenvalue weighted by Crippen LogP contribution is -2.40. The summed E-state index contributed by atoms with van der Waals surface area (Å²) in [7, 11) is -3.76. The number of aliphatic hydroxyl groups is 1. The van der Waals surface area contributed by atoms with Crippen molar-refractivity contribution in [3.63, 3.8) is 0 Å². The molecule has 8 heteroatoms. The van der Waals surface area contributed by atoms with Gasteiger partial charge in [0.1, 0.15) is 0 Å². The van der Waals surface area contributed by atoms with Crippen LogP contribution in [0.4, 0.5) is 5.69 Å². The average Bonchev–Trinajstić information content (AvgIpc) is 2.80. The molecule has 4 N–H and O–H groups in total. The number of nitrogens with one attached hydrogen (secondary N) is 1. The van der Waals surface area contributed by atoms with Crippen LogP contribution < -0.4 is 11.3 Å². The second kappa shape index (κ2) is 5.41. The zero-order valence-corrected chi connectivity index (χ0v) is 11.5. The number of aromatic nitrogens is 1. The first kappa shape index (κ1) is 14.2. The minimum atomic E-state index is -3.76. The van der Waals surface area contributed by atoms with Crippen molar-refractivity contribution in [2.24, 2.45) is 11.8 Å². The molecule has 0 aromatic carbocycles. The Hall–Kier alpha value is -1.22. The van der Waals surface area contributed by atoms with E-state index >= 15 is 0 Å².